The first-order chi connectivity index (χ1) is 9.26. The van der Waals surface area contributed by atoms with Crippen LogP contribution in [0.25, 0.3) is 0 Å². The van der Waals surface area contributed by atoms with Gasteiger partial charge in [0.1, 0.15) is 0 Å². The number of benzene rings is 1. The Morgan fingerprint density at radius 1 is 1.53 bits per heavy atom. The Morgan fingerprint density at radius 2 is 2.32 bits per heavy atom. The third kappa shape index (κ3) is 3.49. The molecule has 1 N–H and O–H groups in total. The smallest absolute Gasteiger partial charge is 0.255 e. The molecule has 0 bridgehead atoms. The minimum Gasteiger partial charge on any atom is -0.373 e. The van der Waals surface area contributed by atoms with Crippen molar-refractivity contribution in [1.29, 1.82) is 0 Å². The molecule has 5 heteroatoms. The summed E-state index contributed by atoms with van der Waals surface area (Å²) in [5.74, 6) is 0.106. The highest BCUT2D eigenvalue weighted by Crippen LogP contribution is 2.22. The van der Waals surface area contributed by atoms with Crippen LogP contribution in [0.5, 0.6) is 0 Å². The fourth-order valence-electron chi connectivity index (χ4n) is 2.25. The van der Waals surface area contributed by atoms with Crippen LogP contribution in [0.1, 0.15) is 10.4 Å². The molecule has 0 saturated carbocycles. The summed E-state index contributed by atoms with van der Waals surface area (Å²) in [4.78, 5) is 15.5. The van der Waals surface area contributed by atoms with Crippen molar-refractivity contribution in [2.45, 2.75) is 11.0 Å². The quantitative estimate of drug-likeness (QED) is 0.848. The minimum atomic E-state index is 0.0872. The number of likely N-dealkylation sites (N-methyl/N-ethyl adjacent to an activating group) is 1. The van der Waals surface area contributed by atoms with E-state index in [1.54, 1.807) is 11.8 Å². The largest absolute Gasteiger partial charge is 0.373 e. The van der Waals surface area contributed by atoms with Gasteiger partial charge in [0, 0.05) is 24.5 Å². The van der Waals surface area contributed by atoms with Crippen molar-refractivity contribution in [2.75, 3.05) is 39.5 Å². The van der Waals surface area contributed by atoms with Crippen molar-refractivity contribution in [3.8, 4) is 0 Å². The van der Waals surface area contributed by atoms with Gasteiger partial charge in [0.05, 0.1) is 18.3 Å². The molecule has 0 aliphatic carbocycles. The molecule has 1 aliphatic rings. The first-order valence-corrected chi connectivity index (χ1v) is 7.67. The van der Waals surface area contributed by atoms with E-state index >= 15 is 0 Å². The van der Waals surface area contributed by atoms with E-state index in [1.807, 2.05) is 42.5 Å². The lowest BCUT2D eigenvalue weighted by molar-refractivity contribution is -0.0197. The molecule has 0 radical (unpaired) electrons. The van der Waals surface area contributed by atoms with Gasteiger partial charge in [-0.1, -0.05) is 12.1 Å². The average molecular weight is 280 g/mol. The number of thioether (sulfide) groups is 1. The number of morpholine rings is 1. The summed E-state index contributed by atoms with van der Waals surface area (Å²) in [6.07, 6.45) is 2.08. The number of nitrogens with one attached hydrogen (secondary N) is 1. The Hall–Kier alpha value is -1.04. The molecule has 1 amide bonds. The summed E-state index contributed by atoms with van der Waals surface area (Å²) in [7, 11) is 1.90. The molecule has 1 aromatic rings. The molecule has 1 aromatic carbocycles. The molecule has 104 valence electrons. The maximum atomic E-state index is 12.6. The third-order valence-electron chi connectivity index (χ3n) is 3.20. The van der Waals surface area contributed by atoms with E-state index in [-0.39, 0.29) is 12.0 Å². The van der Waals surface area contributed by atoms with Crippen LogP contribution in [-0.2, 0) is 4.74 Å². The molecule has 1 heterocycles. The van der Waals surface area contributed by atoms with Gasteiger partial charge >= 0.3 is 0 Å². The van der Waals surface area contributed by atoms with Crippen LogP contribution < -0.4 is 5.32 Å². The lowest BCUT2D eigenvalue weighted by Crippen LogP contribution is -2.48. The summed E-state index contributed by atoms with van der Waals surface area (Å²) < 4.78 is 5.63. The summed E-state index contributed by atoms with van der Waals surface area (Å²) >= 11 is 1.61. The van der Waals surface area contributed by atoms with E-state index in [9.17, 15) is 4.79 Å². The second-order valence-corrected chi connectivity index (χ2v) is 5.35. The lowest BCUT2D eigenvalue weighted by Gasteiger charge is -2.33. The molecule has 0 aromatic heterocycles. The minimum absolute atomic E-state index is 0.0872. The number of ether oxygens (including phenoxy) is 1. The van der Waals surface area contributed by atoms with Gasteiger partial charge in [-0.2, -0.15) is 0 Å². The Labute approximate surface area is 118 Å². The number of rotatable bonds is 4. The normalized spacial score (nSPS) is 19.5. The zero-order valence-electron chi connectivity index (χ0n) is 11.4. The van der Waals surface area contributed by atoms with Gasteiger partial charge in [0.25, 0.3) is 5.91 Å². The molecule has 2 rings (SSSR count). The molecule has 1 fully saturated rings. The third-order valence-corrected chi connectivity index (χ3v) is 3.99. The van der Waals surface area contributed by atoms with Crippen LogP contribution in [0.15, 0.2) is 29.2 Å². The Balaban J connectivity index is 2.10. The Kier molecular flexibility index (Phi) is 5.24. The predicted octanol–water partition coefficient (Wildman–Crippen LogP) is 1.47. The molecule has 19 heavy (non-hydrogen) atoms. The van der Waals surface area contributed by atoms with Gasteiger partial charge in [-0.25, -0.2) is 0 Å². The van der Waals surface area contributed by atoms with Gasteiger partial charge in [-0.05, 0) is 25.4 Å². The summed E-state index contributed by atoms with van der Waals surface area (Å²) in [5.41, 5.74) is 0.792. The Bertz CT molecular complexity index is 437. The topological polar surface area (TPSA) is 41.6 Å². The SMILES string of the molecule is CNCC1CN(C(=O)c2ccccc2SC)CCO1. The van der Waals surface area contributed by atoms with Crippen molar-refractivity contribution in [1.82, 2.24) is 10.2 Å². The van der Waals surface area contributed by atoms with E-state index in [0.29, 0.717) is 19.7 Å². The number of carbonyl (C=O) groups is 1. The van der Waals surface area contributed by atoms with Crippen molar-refractivity contribution in [3.63, 3.8) is 0 Å². The number of hydrogen-bond acceptors (Lipinski definition) is 4. The molecule has 1 aliphatic heterocycles. The highest BCUT2D eigenvalue weighted by molar-refractivity contribution is 7.98. The molecule has 0 spiro atoms. The predicted molar refractivity (Wildman–Crippen MR) is 77.8 cm³/mol. The van der Waals surface area contributed by atoms with Gasteiger partial charge in [0.15, 0.2) is 0 Å². The van der Waals surface area contributed by atoms with Crippen LogP contribution in [0.4, 0.5) is 0 Å². The zero-order chi connectivity index (χ0) is 13.7. The van der Waals surface area contributed by atoms with Gasteiger partial charge in [-0.15, -0.1) is 11.8 Å². The summed E-state index contributed by atoms with van der Waals surface area (Å²) in [6, 6.07) is 7.77. The van der Waals surface area contributed by atoms with E-state index in [1.165, 1.54) is 0 Å². The summed E-state index contributed by atoms with van der Waals surface area (Å²) in [6.45, 7) is 2.71. The number of hydrogen-bond donors (Lipinski definition) is 1. The monoisotopic (exact) mass is 280 g/mol. The van der Waals surface area contributed by atoms with Crippen LogP contribution in [0.2, 0.25) is 0 Å². The molecule has 1 saturated heterocycles. The maximum absolute atomic E-state index is 12.6. The fourth-order valence-corrected chi connectivity index (χ4v) is 2.84. The van der Waals surface area contributed by atoms with Crippen LogP contribution in [0.3, 0.4) is 0 Å². The average Bonchev–Trinajstić information content (AvgIpc) is 2.47. The molecule has 1 unspecified atom stereocenters. The maximum Gasteiger partial charge on any atom is 0.255 e. The number of nitrogens with zero attached hydrogens (tertiary/aromatic N) is 1. The second kappa shape index (κ2) is 6.93. The second-order valence-electron chi connectivity index (χ2n) is 4.50. The van der Waals surface area contributed by atoms with Crippen LogP contribution in [0, 0.1) is 0 Å². The molecule has 4 nitrogen and oxygen atoms in total. The Morgan fingerprint density at radius 3 is 3.05 bits per heavy atom. The first kappa shape index (κ1) is 14.4. The van der Waals surface area contributed by atoms with Gasteiger partial charge < -0.3 is 15.0 Å². The summed E-state index contributed by atoms with van der Waals surface area (Å²) in [5, 5.41) is 3.09. The standard InChI is InChI=1S/C14H20N2O2S/c1-15-9-11-10-16(7-8-18-11)14(17)12-5-3-4-6-13(12)19-2/h3-6,11,15H,7-10H2,1-2H3. The van der Waals surface area contributed by atoms with E-state index in [4.69, 9.17) is 4.74 Å². The van der Waals surface area contributed by atoms with E-state index in [2.05, 4.69) is 5.32 Å². The van der Waals surface area contributed by atoms with Crippen molar-refractivity contribution < 1.29 is 9.53 Å². The molecular formula is C14H20N2O2S. The van der Waals surface area contributed by atoms with E-state index in [0.717, 1.165) is 17.0 Å². The van der Waals surface area contributed by atoms with Gasteiger partial charge in [0.2, 0.25) is 0 Å². The van der Waals surface area contributed by atoms with Gasteiger partial charge in [-0.3, -0.25) is 4.79 Å². The van der Waals surface area contributed by atoms with Crippen molar-refractivity contribution in [3.05, 3.63) is 29.8 Å². The van der Waals surface area contributed by atoms with E-state index < -0.39 is 0 Å². The van der Waals surface area contributed by atoms with Crippen molar-refractivity contribution in [2.24, 2.45) is 0 Å². The molecular weight excluding hydrogens is 260 g/mol. The lowest BCUT2D eigenvalue weighted by atomic mass is 10.1. The highest BCUT2D eigenvalue weighted by Gasteiger charge is 2.25. The zero-order valence-corrected chi connectivity index (χ0v) is 12.2. The fraction of sp³-hybridized carbons (Fsp3) is 0.500. The van der Waals surface area contributed by atoms with Crippen LogP contribution in [-0.4, -0.2) is 56.5 Å². The molecule has 1 atom stereocenters. The van der Waals surface area contributed by atoms with Crippen LogP contribution >= 0.6 is 11.8 Å². The number of carbonyl (C=O) groups excluding carboxylic acids is 1. The number of amides is 1. The highest BCUT2D eigenvalue weighted by atomic mass is 32.2. The first-order valence-electron chi connectivity index (χ1n) is 6.44. The van der Waals surface area contributed by atoms with Crippen molar-refractivity contribution >= 4 is 17.7 Å².